The number of thioether (sulfide) groups is 1. The highest BCUT2D eigenvalue weighted by atomic mass is 35.5. The quantitative estimate of drug-likeness (QED) is 0.626. The summed E-state index contributed by atoms with van der Waals surface area (Å²) in [4.78, 5) is 24.6. The van der Waals surface area contributed by atoms with E-state index in [9.17, 15) is 4.79 Å². The number of nitrogens with zero attached hydrogens (tertiary/aromatic N) is 3. The van der Waals surface area contributed by atoms with Crippen molar-refractivity contribution in [3.8, 4) is 0 Å². The van der Waals surface area contributed by atoms with E-state index in [0.29, 0.717) is 9.93 Å². The Labute approximate surface area is 168 Å². The molecule has 27 heavy (non-hydrogen) atoms. The Bertz CT molecular complexity index is 891. The second-order valence-electron chi connectivity index (χ2n) is 6.70. The van der Waals surface area contributed by atoms with Gasteiger partial charge in [0.25, 0.3) is 5.91 Å². The fourth-order valence-corrected chi connectivity index (χ4v) is 4.73. The van der Waals surface area contributed by atoms with Gasteiger partial charge in [0.15, 0.2) is 5.17 Å². The lowest BCUT2D eigenvalue weighted by molar-refractivity contribution is -0.124. The zero-order valence-electron chi connectivity index (χ0n) is 14.8. The average molecular weight is 398 g/mol. The van der Waals surface area contributed by atoms with Gasteiger partial charge in [-0.15, -0.1) is 0 Å². The van der Waals surface area contributed by atoms with E-state index in [1.165, 1.54) is 18.2 Å². The molecule has 1 amide bonds. The molecular formula is C21H20ClN3OS. The van der Waals surface area contributed by atoms with Crippen LogP contribution >= 0.6 is 23.4 Å². The molecule has 4 nitrogen and oxygen atoms in total. The predicted molar refractivity (Wildman–Crippen MR) is 112 cm³/mol. The van der Waals surface area contributed by atoms with E-state index >= 15 is 0 Å². The summed E-state index contributed by atoms with van der Waals surface area (Å²) in [6.45, 7) is 0. The third kappa shape index (κ3) is 4.09. The topological polar surface area (TPSA) is 45.6 Å². The van der Waals surface area contributed by atoms with Gasteiger partial charge >= 0.3 is 0 Å². The number of hydrogen-bond donors (Lipinski definition) is 0. The van der Waals surface area contributed by atoms with Gasteiger partial charge in [-0.1, -0.05) is 49.1 Å². The van der Waals surface area contributed by atoms with E-state index in [1.807, 2.05) is 47.4 Å². The van der Waals surface area contributed by atoms with Crippen molar-refractivity contribution in [2.75, 3.05) is 0 Å². The molecule has 2 fully saturated rings. The van der Waals surface area contributed by atoms with Gasteiger partial charge in [-0.05, 0) is 54.4 Å². The van der Waals surface area contributed by atoms with Gasteiger partial charge < -0.3 is 0 Å². The van der Waals surface area contributed by atoms with Gasteiger partial charge in [0, 0.05) is 17.3 Å². The van der Waals surface area contributed by atoms with Gasteiger partial charge in [0.1, 0.15) is 0 Å². The molecule has 0 spiro atoms. The Morgan fingerprint density at radius 2 is 1.96 bits per heavy atom. The molecule has 0 N–H and O–H groups in total. The van der Waals surface area contributed by atoms with Crippen molar-refractivity contribution < 1.29 is 4.79 Å². The van der Waals surface area contributed by atoms with E-state index in [0.717, 1.165) is 42.1 Å². The van der Waals surface area contributed by atoms with Crippen LogP contribution < -0.4 is 0 Å². The van der Waals surface area contributed by atoms with E-state index in [2.05, 4.69) is 4.98 Å². The maximum atomic E-state index is 13.2. The molecule has 2 aliphatic rings. The van der Waals surface area contributed by atoms with Crippen LogP contribution in [-0.2, 0) is 4.79 Å². The van der Waals surface area contributed by atoms with Crippen LogP contribution in [0.2, 0.25) is 5.02 Å². The van der Waals surface area contributed by atoms with Crippen LogP contribution in [0.25, 0.3) is 6.08 Å². The minimum absolute atomic E-state index is 0.0226. The number of hydrogen-bond acceptors (Lipinski definition) is 4. The summed E-state index contributed by atoms with van der Waals surface area (Å²) in [6.07, 6.45) is 10.9. The molecule has 0 bridgehead atoms. The molecule has 1 saturated heterocycles. The Hall–Kier alpha value is -2.11. The van der Waals surface area contributed by atoms with Crippen LogP contribution in [0, 0.1) is 0 Å². The van der Waals surface area contributed by atoms with Crippen molar-refractivity contribution in [3.63, 3.8) is 0 Å². The maximum absolute atomic E-state index is 13.2. The smallest absolute Gasteiger partial charge is 0.267 e. The Morgan fingerprint density at radius 1 is 1.15 bits per heavy atom. The summed E-state index contributed by atoms with van der Waals surface area (Å²) in [7, 11) is 0. The van der Waals surface area contributed by atoms with Crippen molar-refractivity contribution in [3.05, 3.63) is 64.3 Å². The summed E-state index contributed by atoms with van der Waals surface area (Å²) in [6, 6.07) is 11.5. The van der Waals surface area contributed by atoms with Gasteiger partial charge in [0.2, 0.25) is 0 Å². The summed E-state index contributed by atoms with van der Waals surface area (Å²) in [5, 5.41) is 1.37. The monoisotopic (exact) mass is 397 g/mol. The number of pyridine rings is 1. The van der Waals surface area contributed by atoms with E-state index in [4.69, 9.17) is 16.6 Å². The van der Waals surface area contributed by atoms with Crippen LogP contribution in [0.5, 0.6) is 0 Å². The first-order valence-electron chi connectivity index (χ1n) is 9.19. The Kier molecular flexibility index (Phi) is 5.60. The number of aromatic nitrogens is 1. The summed E-state index contributed by atoms with van der Waals surface area (Å²) in [5.74, 6) is 0.0226. The average Bonchev–Trinajstić information content (AvgIpc) is 3.00. The van der Waals surface area contributed by atoms with Crippen LogP contribution in [0.1, 0.15) is 37.7 Å². The summed E-state index contributed by atoms with van der Waals surface area (Å²) < 4.78 is 0. The van der Waals surface area contributed by atoms with E-state index in [-0.39, 0.29) is 11.9 Å². The van der Waals surface area contributed by atoms with E-state index in [1.54, 1.807) is 12.4 Å². The van der Waals surface area contributed by atoms with Gasteiger partial charge in [0.05, 0.1) is 16.8 Å². The minimum Gasteiger partial charge on any atom is -0.283 e. The number of amides is 1. The molecular weight excluding hydrogens is 378 g/mol. The number of halogens is 1. The first kappa shape index (κ1) is 18.3. The number of carbonyl (C=O) groups is 1. The second-order valence-corrected chi connectivity index (χ2v) is 8.12. The molecule has 4 rings (SSSR count). The maximum Gasteiger partial charge on any atom is 0.267 e. The lowest BCUT2D eigenvalue weighted by Gasteiger charge is -2.30. The number of amidine groups is 1. The molecule has 6 heteroatoms. The summed E-state index contributed by atoms with van der Waals surface area (Å²) >= 11 is 7.70. The third-order valence-corrected chi connectivity index (χ3v) is 6.17. The first-order chi connectivity index (χ1) is 13.2. The van der Waals surface area contributed by atoms with Crippen molar-refractivity contribution in [1.29, 1.82) is 0 Å². The Balaban J connectivity index is 1.71. The highest BCUT2D eigenvalue weighted by molar-refractivity contribution is 8.18. The van der Waals surface area contributed by atoms with Crippen molar-refractivity contribution in [2.24, 2.45) is 4.99 Å². The third-order valence-electron chi connectivity index (χ3n) is 4.84. The zero-order chi connectivity index (χ0) is 18.6. The molecule has 0 atom stereocenters. The summed E-state index contributed by atoms with van der Waals surface area (Å²) in [5.41, 5.74) is 1.61. The van der Waals surface area contributed by atoms with Gasteiger partial charge in [-0.2, -0.15) is 0 Å². The standard InChI is InChI=1S/C21H20ClN3OS/c22-18-11-5-4-7-15(18)13-19-20(26)25(17-9-2-1-3-10-17)21(27-19)24-16-8-6-12-23-14-16/h4-8,11-14,17H,1-3,9-10H2/b19-13-,24-21?. The van der Waals surface area contributed by atoms with Crippen LogP contribution in [-0.4, -0.2) is 27.0 Å². The molecule has 1 aliphatic heterocycles. The number of rotatable bonds is 3. The molecule has 1 aromatic heterocycles. The lowest BCUT2D eigenvalue weighted by Crippen LogP contribution is -2.40. The van der Waals surface area contributed by atoms with Crippen molar-refractivity contribution in [1.82, 2.24) is 9.88 Å². The fourth-order valence-electron chi connectivity index (χ4n) is 3.49. The Morgan fingerprint density at radius 3 is 2.70 bits per heavy atom. The van der Waals surface area contributed by atoms with Gasteiger partial charge in [-0.25, -0.2) is 4.99 Å². The highest BCUT2D eigenvalue weighted by Gasteiger charge is 2.38. The van der Waals surface area contributed by atoms with Crippen LogP contribution in [0.3, 0.4) is 0 Å². The van der Waals surface area contributed by atoms with Crippen molar-refractivity contribution >= 4 is 46.2 Å². The molecule has 138 valence electrons. The number of aliphatic imine (C=N–C) groups is 1. The van der Waals surface area contributed by atoms with E-state index < -0.39 is 0 Å². The molecule has 1 saturated carbocycles. The normalized spacial score (nSPS) is 21.4. The number of carbonyl (C=O) groups excluding carboxylic acids is 1. The molecule has 0 radical (unpaired) electrons. The highest BCUT2D eigenvalue weighted by Crippen LogP contribution is 2.38. The minimum atomic E-state index is 0.0226. The van der Waals surface area contributed by atoms with Crippen LogP contribution in [0.4, 0.5) is 5.69 Å². The van der Waals surface area contributed by atoms with Gasteiger partial charge in [-0.3, -0.25) is 14.7 Å². The molecule has 1 aliphatic carbocycles. The molecule has 2 heterocycles. The molecule has 2 aromatic rings. The largest absolute Gasteiger partial charge is 0.283 e. The molecule has 1 aromatic carbocycles. The second kappa shape index (κ2) is 8.28. The first-order valence-corrected chi connectivity index (χ1v) is 10.4. The molecule has 0 unspecified atom stereocenters. The fraction of sp³-hybridized carbons (Fsp3) is 0.286. The SMILES string of the molecule is O=C1/C(=C/c2ccccc2Cl)SC(=Nc2cccnc2)N1C1CCCCC1. The lowest BCUT2D eigenvalue weighted by atomic mass is 9.94. The zero-order valence-corrected chi connectivity index (χ0v) is 16.4. The van der Waals surface area contributed by atoms with Crippen LogP contribution in [0.15, 0.2) is 58.7 Å². The predicted octanol–water partition coefficient (Wildman–Crippen LogP) is 5.67. The number of benzene rings is 1. The van der Waals surface area contributed by atoms with Crippen molar-refractivity contribution in [2.45, 2.75) is 38.1 Å².